The molecular formula is C37H24Cl2O7S2. The molecule has 6 aromatic rings. The topological polar surface area (TPSA) is 104 Å². The van der Waals surface area contributed by atoms with E-state index in [-0.39, 0.29) is 25.4 Å². The number of hydrogen-bond donors (Lipinski definition) is 0. The number of ether oxygens (including phenoxy) is 2. The third-order valence-corrected chi connectivity index (χ3v) is 11.3. The maximum Gasteiger partial charge on any atom is 0.206 e. The first-order valence-electron chi connectivity index (χ1n) is 14.3. The normalized spacial score (nSPS) is 11.5. The zero-order chi connectivity index (χ0) is 33.9. The second-order valence-electron chi connectivity index (χ2n) is 10.4. The Hall–Kier alpha value is -4.93. The Morgan fingerprint density at radius 1 is 0.375 bits per heavy atom. The molecule has 0 aromatic heterocycles. The van der Waals surface area contributed by atoms with Gasteiger partial charge < -0.3 is 9.47 Å². The maximum atomic E-state index is 13.3. The summed E-state index contributed by atoms with van der Waals surface area (Å²) in [6.45, 7) is 0. The standard InChI is InChI=1S/C37H24Cl2O7S2/c38-27-5-1-25(2-6-27)37(40)26-3-9-29(10-4-26)45-30-11-21-35(22-12-30)48(43,44)36-23-15-32(16-24-36)46-31-13-19-34(20-14-31)47(41,42)33-17-7-28(39)8-18-33/h1-24H. The predicted molar refractivity (Wildman–Crippen MR) is 183 cm³/mol. The van der Waals surface area contributed by atoms with E-state index in [9.17, 15) is 21.6 Å². The zero-order valence-electron chi connectivity index (χ0n) is 24.8. The number of carbonyl (C=O) groups is 1. The molecule has 11 heteroatoms. The van der Waals surface area contributed by atoms with Crippen LogP contribution in [-0.4, -0.2) is 22.6 Å². The van der Waals surface area contributed by atoms with Crippen molar-refractivity contribution in [1.29, 1.82) is 0 Å². The predicted octanol–water partition coefficient (Wildman–Crippen LogP) is 9.47. The lowest BCUT2D eigenvalue weighted by atomic mass is 10.0. The second kappa shape index (κ2) is 13.7. The number of sulfone groups is 2. The van der Waals surface area contributed by atoms with E-state index in [2.05, 4.69) is 0 Å². The molecule has 48 heavy (non-hydrogen) atoms. The summed E-state index contributed by atoms with van der Waals surface area (Å²) >= 11 is 11.8. The molecule has 0 aliphatic carbocycles. The van der Waals surface area contributed by atoms with E-state index in [1.807, 2.05) is 0 Å². The van der Waals surface area contributed by atoms with Crippen molar-refractivity contribution in [3.05, 3.63) is 167 Å². The van der Waals surface area contributed by atoms with Gasteiger partial charge in [0.15, 0.2) is 5.78 Å². The lowest BCUT2D eigenvalue weighted by Gasteiger charge is -2.10. The van der Waals surface area contributed by atoms with Crippen LogP contribution in [0.4, 0.5) is 0 Å². The quantitative estimate of drug-likeness (QED) is 0.130. The number of hydrogen-bond acceptors (Lipinski definition) is 7. The Morgan fingerprint density at radius 3 is 0.917 bits per heavy atom. The van der Waals surface area contributed by atoms with Crippen molar-refractivity contribution >= 4 is 48.7 Å². The molecule has 0 N–H and O–H groups in total. The Bertz CT molecular complexity index is 2290. The van der Waals surface area contributed by atoms with Crippen LogP contribution < -0.4 is 9.47 Å². The summed E-state index contributed by atoms with van der Waals surface area (Å²) in [6, 6.07) is 37.0. The van der Waals surface area contributed by atoms with Crippen LogP contribution in [0.2, 0.25) is 10.0 Å². The highest BCUT2D eigenvalue weighted by atomic mass is 35.5. The van der Waals surface area contributed by atoms with Gasteiger partial charge >= 0.3 is 0 Å². The first kappa shape index (κ1) is 33.0. The van der Waals surface area contributed by atoms with Crippen LogP contribution in [0.1, 0.15) is 15.9 Å². The van der Waals surface area contributed by atoms with Crippen molar-refractivity contribution in [2.75, 3.05) is 0 Å². The third kappa shape index (κ3) is 7.30. The summed E-state index contributed by atoms with van der Waals surface area (Å²) in [5, 5.41) is 0.982. The molecule has 0 aliphatic rings. The lowest BCUT2D eigenvalue weighted by Crippen LogP contribution is -2.02. The molecule has 7 nitrogen and oxygen atoms in total. The largest absolute Gasteiger partial charge is 0.457 e. The SMILES string of the molecule is O=C(c1ccc(Cl)cc1)c1ccc(Oc2ccc(S(=O)(=O)c3ccc(Oc4ccc(S(=O)(=O)c5ccc(Cl)cc5)cc4)cc3)cc2)cc1. The average Bonchev–Trinajstić information content (AvgIpc) is 3.10. The molecule has 240 valence electrons. The van der Waals surface area contributed by atoms with Gasteiger partial charge in [-0.2, -0.15) is 0 Å². The van der Waals surface area contributed by atoms with Gasteiger partial charge in [0.25, 0.3) is 0 Å². The second-order valence-corrected chi connectivity index (χ2v) is 15.2. The fraction of sp³-hybridized carbons (Fsp3) is 0. The van der Waals surface area contributed by atoms with Crippen molar-refractivity contribution in [1.82, 2.24) is 0 Å². The Morgan fingerprint density at radius 2 is 0.604 bits per heavy atom. The van der Waals surface area contributed by atoms with Crippen LogP contribution in [-0.2, 0) is 19.7 Å². The van der Waals surface area contributed by atoms with E-state index in [1.54, 1.807) is 60.7 Å². The highest BCUT2D eigenvalue weighted by Crippen LogP contribution is 2.30. The minimum atomic E-state index is -3.85. The number of halogens is 2. The number of rotatable bonds is 10. The number of benzene rings is 6. The van der Waals surface area contributed by atoms with Crippen molar-refractivity contribution in [3.8, 4) is 23.0 Å². The zero-order valence-corrected chi connectivity index (χ0v) is 27.9. The molecule has 6 aromatic carbocycles. The van der Waals surface area contributed by atoms with E-state index < -0.39 is 19.7 Å². The van der Waals surface area contributed by atoms with Gasteiger partial charge in [0, 0.05) is 21.2 Å². The molecule has 0 atom stereocenters. The number of ketones is 1. The van der Waals surface area contributed by atoms with Crippen LogP contribution in [0.3, 0.4) is 0 Å². The molecule has 0 amide bonds. The van der Waals surface area contributed by atoms with E-state index in [0.29, 0.717) is 44.2 Å². The van der Waals surface area contributed by atoms with Crippen molar-refractivity contribution in [2.24, 2.45) is 0 Å². The van der Waals surface area contributed by atoms with E-state index >= 15 is 0 Å². The first-order valence-corrected chi connectivity index (χ1v) is 18.0. The number of carbonyl (C=O) groups excluding carboxylic acids is 1. The van der Waals surface area contributed by atoms with Gasteiger partial charge in [0.2, 0.25) is 19.7 Å². The monoisotopic (exact) mass is 714 g/mol. The van der Waals surface area contributed by atoms with Crippen molar-refractivity contribution < 1.29 is 31.1 Å². The van der Waals surface area contributed by atoms with Gasteiger partial charge in [0.1, 0.15) is 23.0 Å². The van der Waals surface area contributed by atoms with Crippen LogP contribution in [0.15, 0.2) is 165 Å². The molecule has 0 radical (unpaired) electrons. The average molecular weight is 716 g/mol. The molecule has 0 fully saturated rings. The van der Waals surface area contributed by atoms with Gasteiger partial charge in [-0.25, -0.2) is 16.8 Å². The molecule has 0 heterocycles. The Labute approximate surface area is 287 Å². The van der Waals surface area contributed by atoms with Gasteiger partial charge in [-0.05, 0) is 146 Å². The van der Waals surface area contributed by atoms with Crippen LogP contribution >= 0.6 is 23.2 Å². The molecule has 6 rings (SSSR count). The van der Waals surface area contributed by atoms with Gasteiger partial charge in [0.05, 0.1) is 19.6 Å². The molecule has 0 saturated heterocycles. The summed E-state index contributed by atoms with van der Waals surface area (Å²) in [4.78, 5) is 13.0. The molecular weight excluding hydrogens is 691 g/mol. The molecule has 0 spiro atoms. The van der Waals surface area contributed by atoms with E-state index in [0.717, 1.165) is 0 Å². The summed E-state index contributed by atoms with van der Waals surface area (Å²) in [5.41, 5.74) is 1.00. The molecule has 0 aliphatic heterocycles. The van der Waals surface area contributed by atoms with Crippen molar-refractivity contribution in [2.45, 2.75) is 19.6 Å². The molecule has 0 bridgehead atoms. The lowest BCUT2D eigenvalue weighted by molar-refractivity contribution is 0.103. The van der Waals surface area contributed by atoms with Crippen LogP contribution in [0.5, 0.6) is 23.0 Å². The van der Waals surface area contributed by atoms with Crippen molar-refractivity contribution in [3.63, 3.8) is 0 Å². The van der Waals surface area contributed by atoms with E-state index in [1.165, 1.54) is 84.9 Å². The highest BCUT2D eigenvalue weighted by Gasteiger charge is 2.19. The molecule has 0 saturated carbocycles. The maximum absolute atomic E-state index is 13.3. The summed E-state index contributed by atoms with van der Waals surface area (Å²) in [7, 11) is -7.58. The van der Waals surface area contributed by atoms with E-state index in [4.69, 9.17) is 32.7 Å². The van der Waals surface area contributed by atoms with Gasteiger partial charge in [-0.15, -0.1) is 0 Å². The third-order valence-electron chi connectivity index (χ3n) is 7.22. The summed E-state index contributed by atoms with van der Waals surface area (Å²) in [6.07, 6.45) is 0. The summed E-state index contributed by atoms with van der Waals surface area (Å²) in [5.74, 6) is 1.49. The molecule has 0 unspecified atom stereocenters. The summed E-state index contributed by atoms with van der Waals surface area (Å²) < 4.78 is 64.0. The smallest absolute Gasteiger partial charge is 0.206 e. The highest BCUT2D eigenvalue weighted by molar-refractivity contribution is 7.91. The first-order chi connectivity index (χ1) is 23.0. The van der Waals surface area contributed by atoms with Crippen LogP contribution in [0.25, 0.3) is 0 Å². The minimum Gasteiger partial charge on any atom is -0.457 e. The van der Waals surface area contributed by atoms with Gasteiger partial charge in [-0.1, -0.05) is 23.2 Å². The fourth-order valence-corrected chi connectivity index (χ4v) is 7.43. The van der Waals surface area contributed by atoms with Crippen LogP contribution in [0, 0.1) is 0 Å². The minimum absolute atomic E-state index is 0.0638. The Balaban J connectivity index is 1.08. The van der Waals surface area contributed by atoms with Gasteiger partial charge in [-0.3, -0.25) is 4.79 Å². The fourth-order valence-electron chi connectivity index (χ4n) is 4.66. The Kier molecular flexibility index (Phi) is 9.39.